The standard InChI is InChI=1S/C18H17Cl2FN2O/c19-14-5-2-1-4-13(14)12-22-8-10-23(11-9-22)18(24)17-15(20)6-3-7-16(17)21/h1-7H,8-12H2. The van der Waals surface area contributed by atoms with Gasteiger partial charge in [0.25, 0.3) is 5.91 Å². The summed E-state index contributed by atoms with van der Waals surface area (Å²) in [4.78, 5) is 16.4. The summed E-state index contributed by atoms with van der Waals surface area (Å²) in [6.45, 7) is 3.23. The highest BCUT2D eigenvalue weighted by atomic mass is 35.5. The number of amides is 1. The van der Waals surface area contributed by atoms with Crippen LogP contribution in [0.3, 0.4) is 0 Å². The second-order valence-corrected chi connectivity index (χ2v) is 6.57. The zero-order valence-corrected chi connectivity index (χ0v) is 14.5. The maximum atomic E-state index is 13.9. The summed E-state index contributed by atoms with van der Waals surface area (Å²) in [5.74, 6) is -0.929. The van der Waals surface area contributed by atoms with E-state index in [2.05, 4.69) is 4.90 Å². The van der Waals surface area contributed by atoms with Gasteiger partial charge in [0.15, 0.2) is 0 Å². The van der Waals surface area contributed by atoms with Gasteiger partial charge in [0.05, 0.1) is 10.6 Å². The topological polar surface area (TPSA) is 23.6 Å². The molecule has 0 unspecified atom stereocenters. The van der Waals surface area contributed by atoms with Crippen molar-refractivity contribution in [3.05, 3.63) is 69.5 Å². The molecule has 1 amide bonds. The minimum Gasteiger partial charge on any atom is -0.336 e. The molecule has 6 heteroatoms. The van der Waals surface area contributed by atoms with Crippen LogP contribution in [0.5, 0.6) is 0 Å². The highest BCUT2D eigenvalue weighted by Gasteiger charge is 2.26. The van der Waals surface area contributed by atoms with Gasteiger partial charge < -0.3 is 4.90 Å². The van der Waals surface area contributed by atoms with Gasteiger partial charge in [-0.1, -0.05) is 47.5 Å². The van der Waals surface area contributed by atoms with Gasteiger partial charge >= 0.3 is 0 Å². The van der Waals surface area contributed by atoms with Crippen LogP contribution in [0, 0.1) is 5.82 Å². The number of hydrogen-bond acceptors (Lipinski definition) is 2. The van der Waals surface area contributed by atoms with Crippen LogP contribution in [0.15, 0.2) is 42.5 Å². The third-order valence-corrected chi connectivity index (χ3v) is 4.87. The molecule has 2 aromatic carbocycles. The van der Waals surface area contributed by atoms with Crippen molar-refractivity contribution in [3.63, 3.8) is 0 Å². The Hall–Kier alpha value is -1.62. The molecule has 0 saturated carbocycles. The molecule has 24 heavy (non-hydrogen) atoms. The zero-order chi connectivity index (χ0) is 17.1. The molecule has 0 N–H and O–H groups in total. The monoisotopic (exact) mass is 366 g/mol. The summed E-state index contributed by atoms with van der Waals surface area (Å²) >= 11 is 12.2. The van der Waals surface area contributed by atoms with Crippen LogP contribution >= 0.6 is 23.2 Å². The van der Waals surface area contributed by atoms with Crippen LogP contribution in [0.25, 0.3) is 0 Å². The third kappa shape index (κ3) is 3.72. The minimum absolute atomic E-state index is 0.0429. The van der Waals surface area contributed by atoms with E-state index >= 15 is 0 Å². The van der Waals surface area contributed by atoms with Crippen LogP contribution in [-0.4, -0.2) is 41.9 Å². The summed E-state index contributed by atoms with van der Waals surface area (Å²) in [7, 11) is 0. The Balaban J connectivity index is 1.63. The number of benzene rings is 2. The first-order chi connectivity index (χ1) is 11.6. The van der Waals surface area contributed by atoms with Gasteiger partial charge in [0, 0.05) is 37.7 Å². The largest absolute Gasteiger partial charge is 0.336 e. The number of piperazine rings is 1. The average molecular weight is 367 g/mol. The summed E-state index contributed by atoms with van der Waals surface area (Å²) in [5.41, 5.74) is 1.02. The fourth-order valence-corrected chi connectivity index (χ4v) is 3.28. The van der Waals surface area contributed by atoms with Crippen molar-refractivity contribution in [2.45, 2.75) is 6.54 Å². The molecule has 0 spiro atoms. The van der Waals surface area contributed by atoms with Crippen molar-refractivity contribution in [2.24, 2.45) is 0 Å². The molecule has 1 aliphatic heterocycles. The fourth-order valence-electron chi connectivity index (χ4n) is 2.84. The lowest BCUT2D eigenvalue weighted by Gasteiger charge is -2.35. The van der Waals surface area contributed by atoms with Crippen molar-refractivity contribution < 1.29 is 9.18 Å². The maximum absolute atomic E-state index is 13.9. The summed E-state index contributed by atoms with van der Waals surface area (Å²) < 4.78 is 13.9. The summed E-state index contributed by atoms with van der Waals surface area (Å²) in [6.07, 6.45) is 0. The van der Waals surface area contributed by atoms with Crippen molar-refractivity contribution in [1.29, 1.82) is 0 Å². The van der Waals surface area contributed by atoms with Crippen LogP contribution < -0.4 is 0 Å². The Kier molecular flexibility index (Phi) is 5.39. The molecule has 1 fully saturated rings. The van der Waals surface area contributed by atoms with Gasteiger partial charge in [-0.2, -0.15) is 0 Å². The first kappa shape index (κ1) is 17.2. The minimum atomic E-state index is -0.578. The summed E-state index contributed by atoms with van der Waals surface area (Å²) in [5, 5.41) is 0.896. The molecule has 1 saturated heterocycles. The van der Waals surface area contributed by atoms with E-state index in [4.69, 9.17) is 23.2 Å². The molecule has 0 aliphatic carbocycles. The predicted octanol–water partition coefficient (Wildman–Crippen LogP) is 4.09. The highest BCUT2D eigenvalue weighted by molar-refractivity contribution is 6.33. The second-order valence-electron chi connectivity index (χ2n) is 5.76. The average Bonchev–Trinajstić information content (AvgIpc) is 2.57. The number of halogens is 3. The lowest BCUT2D eigenvalue weighted by atomic mass is 10.1. The smallest absolute Gasteiger partial charge is 0.258 e. The molecule has 1 heterocycles. The van der Waals surface area contributed by atoms with Crippen molar-refractivity contribution >= 4 is 29.1 Å². The fraction of sp³-hybridized carbons (Fsp3) is 0.278. The van der Waals surface area contributed by atoms with Gasteiger partial charge in [-0.3, -0.25) is 9.69 Å². The molecule has 0 aromatic heterocycles. The Morgan fingerprint density at radius 3 is 2.29 bits per heavy atom. The molecular formula is C18H17Cl2FN2O. The quantitative estimate of drug-likeness (QED) is 0.816. The van der Waals surface area contributed by atoms with Crippen LogP contribution in [0.4, 0.5) is 4.39 Å². The van der Waals surface area contributed by atoms with Crippen molar-refractivity contribution in [1.82, 2.24) is 9.80 Å². The van der Waals surface area contributed by atoms with E-state index in [0.717, 1.165) is 17.1 Å². The normalized spacial score (nSPS) is 15.5. The van der Waals surface area contributed by atoms with E-state index in [9.17, 15) is 9.18 Å². The van der Waals surface area contributed by atoms with Gasteiger partial charge in [0.2, 0.25) is 0 Å². The molecular weight excluding hydrogens is 350 g/mol. The lowest BCUT2D eigenvalue weighted by Crippen LogP contribution is -2.48. The van der Waals surface area contributed by atoms with E-state index in [1.807, 2.05) is 24.3 Å². The Bertz CT molecular complexity index is 725. The number of carbonyl (C=O) groups is 1. The molecule has 3 nitrogen and oxygen atoms in total. The molecule has 0 bridgehead atoms. The SMILES string of the molecule is O=C(c1c(F)cccc1Cl)N1CCN(Cc2ccccc2Cl)CC1. The number of nitrogens with zero attached hydrogens (tertiary/aromatic N) is 2. The molecule has 126 valence electrons. The van der Waals surface area contributed by atoms with Gasteiger partial charge in [-0.25, -0.2) is 4.39 Å². The highest BCUT2D eigenvalue weighted by Crippen LogP contribution is 2.22. The number of rotatable bonds is 3. The van der Waals surface area contributed by atoms with Crippen molar-refractivity contribution in [2.75, 3.05) is 26.2 Å². The third-order valence-electron chi connectivity index (χ3n) is 4.19. The second kappa shape index (κ2) is 7.51. The molecule has 0 radical (unpaired) electrons. The van der Waals surface area contributed by atoms with Crippen LogP contribution in [0.2, 0.25) is 10.0 Å². The first-order valence-electron chi connectivity index (χ1n) is 7.75. The van der Waals surface area contributed by atoms with E-state index in [1.165, 1.54) is 18.2 Å². The maximum Gasteiger partial charge on any atom is 0.258 e. The zero-order valence-electron chi connectivity index (χ0n) is 13.0. The number of carbonyl (C=O) groups excluding carboxylic acids is 1. The van der Waals surface area contributed by atoms with E-state index in [1.54, 1.807) is 4.90 Å². The predicted molar refractivity (Wildman–Crippen MR) is 94.0 cm³/mol. The van der Waals surface area contributed by atoms with E-state index < -0.39 is 5.82 Å². The molecule has 0 atom stereocenters. The van der Waals surface area contributed by atoms with Crippen LogP contribution in [-0.2, 0) is 6.54 Å². The van der Waals surface area contributed by atoms with E-state index in [-0.39, 0.29) is 16.5 Å². The molecule has 2 aromatic rings. The molecule has 3 rings (SSSR count). The Morgan fingerprint density at radius 2 is 1.62 bits per heavy atom. The lowest BCUT2D eigenvalue weighted by molar-refractivity contribution is 0.0624. The van der Waals surface area contributed by atoms with Crippen molar-refractivity contribution in [3.8, 4) is 0 Å². The first-order valence-corrected chi connectivity index (χ1v) is 8.51. The molecule has 1 aliphatic rings. The Labute approximate surface area is 150 Å². The van der Waals surface area contributed by atoms with Gasteiger partial charge in [0.1, 0.15) is 5.82 Å². The number of hydrogen-bond donors (Lipinski definition) is 0. The Morgan fingerprint density at radius 1 is 0.958 bits per heavy atom. The van der Waals surface area contributed by atoms with Gasteiger partial charge in [-0.05, 0) is 23.8 Å². The van der Waals surface area contributed by atoms with Crippen LogP contribution in [0.1, 0.15) is 15.9 Å². The summed E-state index contributed by atoms with van der Waals surface area (Å²) in [6, 6.07) is 12.0. The van der Waals surface area contributed by atoms with E-state index in [0.29, 0.717) is 26.2 Å². The van der Waals surface area contributed by atoms with Gasteiger partial charge in [-0.15, -0.1) is 0 Å².